The van der Waals surface area contributed by atoms with Gasteiger partial charge in [-0.3, -0.25) is 4.79 Å². The summed E-state index contributed by atoms with van der Waals surface area (Å²) in [7, 11) is 0. The Kier molecular flexibility index (Phi) is 6.57. The third-order valence-corrected chi connectivity index (χ3v) is 10.0. The molecule has 1 aromatic rings. The quantitative estimate of drug-likeness (QED) is 0.271. The number of ether oxygens (including phenoxy) is 3. The summed E-state index contributed by atoms with van der Waals surface area (Å²) in [4.78, 5) is 26.2. The summed E-state index contributed by atoms with van der Waals surface area (Å²) in [6.45, 7) is 7.30. The number of fused-ring (bicyclic) bond motifs is 4. The van der Waals surface area contributed by atoms with Gasteiger partial charge in [0.1, 0.15) is 18.3 Å². The van der Waals surface area contributed by atoms with Crippen molar-refractivity contribution in [1.29, 1.82) is 0 Å². The van der Waals surface area contributed by atoms with Crippen molar-refractivity contribution in [2.75, 3.05) is 6.61 Å². The first-order valence-electron chi connectivity index (χ1n) is 13.4. The van der Waals surface area contributed by atoms with Crippen LogP contribution in [0.25, 0.3) is 0 Å². The van der Waals surface area contributed by atoms with E-state index in [4.69, 9.17) is 14.2 Å². The lowest BCUT2D eigenvalue weighted by molar-refractivity contribution is -0.351. The summed E-state index contributed by atoms with van der Waals surface area (Å²) >= 11 is 0. The molecule has 0 radical (unpaired) electrons. The van der Waals surface area contributed by atoms with Crippen molar-refractivity contribution in [3.8, 4) is 0 Å². The van der Waals surface area contributed by atoms with Crippen LogP contribution in [0.4, 0.5) is 0 Å². The van der Waals surface area contributed by atoms with Crippen molar-refractivity contribution in [3.05, 3.63) is 47.0 Å². The molecule has 1 heterocycles. The molecule has 10 atom stereocenters. The number of hydrogen-bond acceptors (Lipinski definition) is 10. The maximum absolute atomic E-state index is 13.7. The van der Waals surface area contributed by atoms with Gasteiger partial charge in [-0.1, -0.05) is 25.1 Å². The Labute approximate surface area is 227 Å². The molecule has 0 bridgehead atoms. The van der Waals surface area contributed by atoms with Gasteiger partial charge in [-0.2, -0.15) is 0 Å². The van der Waals surface area contributed by atoms with Gasteiger partial charge >= 0.3 is 11.9 Å². The third-order valence-electron chi connectivity index (χ3n) is 10.0. The van der Waals surface area contributed by atoms with Crippen LogP contribution in [0.1, 0.15) is 57.8 Å². The summed E-state index contributed by atoms with van der Waals surface area (Å²) in [5, 5.41) is 58.1. The highest BCUT2D eigenvalue weighted by molar-refractivity contribution is 5.89. The average Bonchev–Trinajstić information content (AvgIpc) is 3.11. The predicted octanol–water partition coefficient (Wildman–Crippen LogP) is 0.874. The second-order valence-electron chi connectivity index (χ2n) is 12.4. The Balaban J connectivity index is 1.83. The molecule has 1 saturated heterocycles. The van der Waals surface area contributed by atoms with E-state index in [-0.39, 0.29) is 30.6 Å². The summed E-state index contributed by atoms with van der Waals surface area (Å²) in [5.41, 5.74) is -5.68. The summed E-state index contributed by atoms with van der Waals surface area (Å²) in [6, 6.07) is 8.21. The van der Waals surface area contributed by atoms with Crippen molar-refractivity contribution in [2.45, 2.75) is 95.3 Å². The van der Waals surface area contributed by atoms with Gasteiger partial charge in [0.25, 0.3) is 0 Å². The lowest BCUT2D eigenvalue weighted by Crippen LogP contribution is -2.78. The smallest absolute Gasteiger partial charge is 0.338 e. The highest BCUT2D eigenvalue weighted by atomic mass is 16.6. The van der Waals surface area contributed by atoms with Crippen LogP contribution in [0.3, 0.4) is 0 Å². The standard InChI is InChI=1S/C29H38O10/c1-14-17(31)12-28(26(3,4)36)20(14)21(33)23(34)27(5)18(32)11-19-29(13-37-19,39-15(2)30)22(27)24(28)38-25(35)16-9-7-6-8-10-16/h6-10,17-19,21-24,31-34,36H,11-13H2,1-5H3/t17-,18-,19+,21+,22?,23-,24?,27+,28-,29-/m0/s1. The molecule has 2 unspecified atom stereocenters. The Hall–Kier alpha value is -2.34. The predicted molar refractivity (Wildman–Crippen MR) is 136 cm³/mol. The fourth-order valence-electron chi connectivity index (χ4n) is 8.01. The molecule has 39 heavy (non-hydrogen) atoms. The first-order valence-corrected chi connectivity index (χ1v) is 13.4. The van der Waals surface area contributed by atoms with E-state index >= 15 is 0 Å². The Morgan fingerprint density at radius 1 is 1.10 bits per heavy atom. The molecule has 5 N–H and O–H groups in total. The SMILES string of the molecule is CC(=O)O[C@@]12CO[C@@H]1C[C@H](O)[C@]1(C)C2C(OC(=O)c2ccccc2)[C@]2(C(C)(C)O)C[C@H](O)C(C)=C2[C@@H](O)[C@@H]1O. The molecule has 0 amide bonds. The van der Waals surface area contributed by atoms with Crippen LogP contribution in [-0.2, 0) is 19.0 Å². The Morgan fingerprint density at radius 2 is 1.74 bits per heavy atom. The molecule has 10 heteroatoms. The molecule has 0 aromatic heterocycles. The number of aliphatic hydroxyl groups excluding tert-OH is 4. The first kappa shape index (κ1) is 28.2. The fourth-order valence-corrected chi connectivity index (χ4v) is 8.01. The minimum Gasteiger partial charge on any atom is -0.457 e. The van der Waals surface area contributed by atoms with Gasteiger partial charge in [-0.05, 0) is 50.5 Å². The van der Waals surface area contributed by atoms with Crippen molar-refractivity contribution < 1.29 is 49.3 Å². The zero-order valence-corrected chi connectivity index (χ0v) is 22.8. The number of hydrogen-bond donors (Lipinski definition) is 5. The highest BCUT2D eigenvalue weighted by Crippen LogP contribution is 2.67. The minimum atomic E-state index is -1.73. The van der Waals surface area contributed by atoms with Gasteiger partial charge in [0.2, 0.25) is 0 Å². The van der Waals surface area contributed by atoms with Crippen LogP contribution in [0.15, 0.2) is 41.5 Å². The van der Waals surface area contributed by atoms with Crippen LogP contribution in [-0.4, -0.2) is 91.9 Å². The number of aliphatic hydroxyl groups is 5. The van der Waals surface area contributed by atoms with E-state index in [1.54, 1.807) is 44.2 Å². The van der Waals surface area contributed by atoms with E-state index in [0.29, 0.717) is 5.57 Å². The molecule has 10 nitrogen and oxygen atoms in total. The van der Waals surface area contributed by atoms with Gasteiger partial charge in [-0.25, -0.2) is 4.79 Å². The van der Waals surface area contributed by atoms with E-state index in [1.807, 2.05) is 0 Å². The molecule has 1 aromatic carbocycles. The minimum absolute atomic E-state index is 0.000412. The van der Waals surface area contributed by atoms with Gasteiger partial charge in [0, 0.05) is 18.8 Å². The third kappa shape index (κ3) is 3.69. The molecular weight excluding hydrogens is 508 g/mol. The molecule has 0 spiro atoms. The lowest BCUT2D eigenvalue weighted by Gasteiger charge is -2.65. The van der Waals surface area contributed by atoms with E-state index in [2.05, 4.69) is 0 Å². The summed E-state index contributed by atoms with van der Waals surface area (Å²) < 4.78 is 18.0. The van der Waals surface area contributed by atoms with Gasteiger partial charge in [-0.15, -0.1) is 0 Å². The molecule has 1 aliphatic heterocycles. The molecule has 214 valence electrons. The summed E-state index contributed by atoms with van der Waals surface area (Å²) in [6.07, 6.45) is -7.95. The number of benzene rings is 1. The molecular formula is C29H38O10. The number of carbonyl (C=O) groups is 2. The highest BCUT2D eigenvalue weighted by Gasteiger charge is 2.78. The van der Waals surface area contributed by atoms with E-state index < -0.39 is 76.5 Å². The van der Waals surface area contributed by atoms with Crippen LogP contribution >= 0.6 is 0 Å². The van der Waals surface area contributed by atoms with Crippen molar-refractivity contribution >= 4 is 11.9 Å². The van der Waals surface area contributed by atoms with Crippen molar-refractivity contribution in [3.63, 3.8) is 0 Å². The van der Waals surface area contributed by atoms with Crippen LogP contribution < -0.4 is 0 Å². The van der Waals surface area contributed by atoms with Crippen LogP contribution in [0.5, 0.6) is 0 Å². The van der Waals surface area contributed by atoms with Crippen LogP contribution in [0.2, 0.25) is 0 Å². The van der Waals surface area contributed by atoms with E-state index in [9.17, 15) is 35.1 Å². The lowest BCUT2D eigenvalue weighted by atomic mass is 9.49. The Bertz CT molecular complexity index is 1190. The largest absolute Gasteiger partial charge is 0.457 e. The van der Waals surface area contributed by atoms with Gasteiger partial charge < -0.3 is 39.7 Å². The zero-order valence-electron chi connectivity index (χ0n) is 22.8. The monoisotopic (exact) mass is 546 g/mol. The molecule has 3 aliphatic carbocycles. The topological polar surface area (TPSA) is 163 Å². The van der Waals surface area contributed by atoms with Crippen molar-refractivity contribution in [2.24, 2.45) is 16.7 Å². The fraction of sp³-hybridized carbons (Fsp3) is 0.655. The number of carbonyl (C=O) groups excluding carboxylic acids is 2. The first-order chi connectivity index (χ1) is 18.1. The molecule has 2 saturated carbocycles. The Morgan fingerprint density at radius 3 is 2.28 bits per heavy atom. The second-order valence-corrected chi connectivity index (χ2v) is 12.4. The number of esters is 2. The van der Waals surface area contributed by atoms with Crippen LogP contribution in [0, 0.1) is 16.7 Å². The summed E-state index contributed by atoms with van der Waals surface area (Å²) in [5.74, 6) is -2.52. The molecule has 3 fully saturated rings. The maximum atomic E-state index is 13.7. The van der Waals surface area contributed by atoms with Gasteiger partial charge in [0.05, 0.1) is 47.4 Å². The molecule has 5 rings (SSSR count). The average molecular weight is 547 g/mol. The van der Waals surface area contributed by atoms with Crippen molar-refractivity contribution in [1.82, 2.24) is 0 Å². The maximum Gasteiger partial charge on any atom is 0.338 e. The normalized spacial score (nSPS) is 43.4. The molecule has 4 aliphatic rings. The van der Waals surface area contributed by atoms with E-state index in [1.165, 1.54) is 20.8 Å². The number of rotatable bonds is 4. The second kappa shape index (κ2) is 9.09. The zero-order chi connectivity index (χ0) is 28.7. The van der Waals surface area contributed by atoms with E-state index in [0.717, 1.165) is 0 Å². The van der Waals surface area contributed by atoms with Gasteiger partial charge in [0.15, 0.2) is 5.60 Å².